The predicted octanol–water partition coefficient (Wildman–Crippen LogP) is 6.87. The van der Waals surface area contributed by atoms with Crippen LogP contribution in [0.2, 0.25) is 0 Å². The highest BCUT2D eigenvalue weighted by Crippen LogP contribution is 2.47. The van der Waals surface area contributed by atoms with Crippen molar-refractivity contribution in [1.82, 2.24) is 0 Å². The van der Waals surface area contributed by atoms with Crippen LogP contribution in [0.1, 0.15) is 24.2 Å². The fraction of sp³-hybridized carbons (Fsp3) is 0.0526. The molecule has 2 nitrogen and oxygen atoms in total. The Hall–Kier alpha value is -1.86. The molecule has 0 aliphatic carbocycles. The van der Waals surface area contributed by atoms with E-state index in [1.54, 1.807) is 22.7 Å². The van der Waals surface area contributed by atoms with Gasteiger partial charge in [-0.15, -0.1) is 45.3 Å². The van der Waals surface area contributed by atoms with E-state index in [-0.39, 0.29) is 0 Å². The summed E-state index contributed by atoms with van der Waals surface area (Å²) >= 11 is 6.52. The molecule has 4 aromatic heterocycles. The molecule has 6 heteroatoms. The first-order chi connectivity index (χ1) is 12.2. The molecule has 0 spiro atoms. The first kappa shape index (κ1) is 16.6. The second-order valence-electron chi connectivity index (χ2n) is 5.40. The summed E-state index contributed by atoms with van der Waals surface area (Å²) in [6, 6.07) is 14.2. The molecule has 0 N–H and O–H groups in total. The molecule has 4 heterocycles. The van der Waals surface area contributed by atoms with Crippen molar-refractivity contribution < 1.29 is 9.59 Å². The highest BCUT2D eigenvalue weighted by molar-refractivity contribution is 7.27. The average Bonchev–Trinajstić information content (AvgIpc) is 3.38. The number of thiophene rings is 4. The molecule has 0 aliphatic rings. The van der Waals surface area contributed by atoms with Gasteiger partial charge in [-0.1, -0.05) is 0 Å². The van der Waals surface area contributed by atoms with Crippen LogP contribution >= 0.6 is 45.3 Å². The van der Waals surface area contributed by atoms with Crippen molar-refractivity contribution in [1.29, 1.82) is 0 Å². The van der Waals surface area contributed by atoms with E-state index in [1.807, 2.05) is 24.3 Å². The molecule has 0 saturated carbocycles. The Morgan fingerprint density at radius 2 is 1.32 bits per heavy atom. The lowest BCUT2D eigenvalue weighted by molar-refractivity contribution is 0.111. The van der Waals surface area contributed by atoms with E-state index < -0.39 is 0 Å². The normalized spacial score (nSPS) is 10.9. The summed E-state index contributed by atoms with van der Waals surface area (Å²) in [6.07, 6.45) is 1.78. The molecule has 25 heavy (non-hydrogen) atoms. The standard InChI is InChI=1S/C19H12O2S4/c1-11-2-5-16(22-11)18-8-14(15-6-3-12(9-20)23-15)19(25-18)17-7-4-13(10-21)24-17/h2-10H,1H3. The summed E-state index contributed by atoms with van der Waals surface area (Å²) < 4.78 is 0. The van der Waals surface area contributed by atoms with Crippen LogP contribution in [0.4, 0.5) is 0 Å². The molecule has 0 saturated heterocycles. The van der Waals surface area contributed by atoms with Gasteiger partial charge in [-0.05, 0) is 49.4 Å². The van der Waals surface area contributed by atoms with Crippen molar-refractivity contribution in [3.63, 3.8) is 0 Å². The number of rotatable bonds is 5. The topological polar surface area (TPSA) is 34.1 Å². The van der Waals surface area contributed by atoms with Crippen molar-refractivity contribution >= 4 is 57.9 Å². The van der Waals surface area contributed by atoms with Crippen LogP contribution in [-0.4, -0.2) is 12.6 Å². The van der Waals surface area contributed by atoms with Gasteiger partial charge in [0.05, 0.1) is 14.6 Å². The number of aldehydes is 2. The molecule has 124 valence electrons. The van der Waals surface area contributed by atoms with Crippen molar-refractivity contribution in [2.24, 2.45) is 0 Å². The molecule has 0 amide bonds. The molecule has 0 bridgehead atoms. The van der Waals surface area contributed by atoms with Gasteiger partial charge in [0.15, 0.2) is 12.6 Å². The van der Waals surface area contributed by atoms with Crippen LogP contribution < -0.4 is 0 Å². The molecule has 0 fully saturated rings. The zero-order valence-corrected chi connectivity index (χ0v) is 16.4. The van der Waals surface area contributed by atoms with E-state index in [2.05, 4.69) is 25.1 Å². The molecule has 0 atom stereocenters. The van der Waals surface area contributed by atoms with E-state index in [9.17, 15) is 9.59 Å². The number of aryl methyl sites for hydroxylation is 1. The Labute approximate surface area is 161 Å². The van der Waals surface area contributed by atoms with Gasteiger partial charge in [-0.25, -0.2) is 0 Å². The van der Waals surface area contributed by atoms with E-state index >= 15 is 0 Å². The molecular formula is C19H12O2S4. The van der Waals surface area contributed by atoms with Crippen molar-refractivity contribution in [3.05, 3.63) is 57.1 Å². The molecule has 0 aliphatic heterocycles. The predicted molar refractivity (Wildman–Crippen MR) is 110 cm³/mol. The van der Waals surface area contributed by atoms with Crippen LogP contribution in [-0.2, 0) is 0 Å². The maximum Gasteiger partial charge on any atom is 0.160 e. The third-order valence-electron chi connectivity index (χ3n) is 3.69. The summed E-state index contributed by atoms with van der Waals surface area (Å²) in [4.78, 5) is 30.6. The van der Waals surface area contributed by atoms with Crippen LogP contribution in [0.25, 0.3) is 29.9 Å². The highest BCUT2D eigenvalue weighted by Gasteiger charge is 2.18. The Kier molecular flexibility index (Phi) is 4.52. The van der Waals surface area contributed by atoms with Crippen LogP contribution in [0.5, 0.6) is 0 Å². The third-order valence-corrected chi connectivity index (χ3v) is 8.26. The lowest BCUT2D eigenvalue weighted by atomic mass is 10.2. The van der Waals surface area contributed by atoms with Crippen molar-refractivity contribution in [2.75, 3.05) is 0 Å². The molecule has 4 rings (SSSR count). The Balaban J connectivity index is 1.88. The van der Waals surface area contributed by atoms with E-state index in [4.69, 9.17) is 0 Å². The highest BCUT2D eigenvalue weighted by atomic mass is 32.1. The van der Waals surface area contributed by atoms with Gasteiger partial charge in [-0.2, -0.15) is 0 Å². The maximum absolute atomic E-state index is 11.1. The van der Waals surface area contributed by atoms with Gasteiger partial charge < -0.3 is 0 Å². The molecule has 4 aromatic rings. The zero-order chi connectivity index (χ0) is 17.4. The number of hydrogen-bond donors (Lipinski definition) is 0. The molecule has 0 unspecified atom stereocenters. The van der Waals surface area contributed by atoms with Gasteiger partial charge in [0.2, 0.25) is 0 Å². The van der Waals surface area contributed by atoms with Crippen molar-refractivity contribution in [2.45, 2.75) is 6.92 Å². The smallest absolute Gasteiger partial charge is 0.160 e. The molecule has 0 radical (unpaired) electrons. The zero-order valence-electron chi connectivity index (χ0n) is 13.1. The van der Waals surface area contributed by atoms with Crippen molar-refractivity contribution in [3.8, 4) is 29.9 Å². The summed E-state index contributed by atoms with van der Waals surface area (Å²) in [5.74, 6) is 0. The minimum atomic E-state index is 0.723. The van der Waals surface area contributed by atoms with Crippen LogP contribution in [0.3, 0.4) is 0 Å². The fourth-order valence-corrected chi connectivity index (χ4v) is 6.52. The SMILES string of the molecule is Cc1ccc(-c2cc(-c3ccc(C=O)s3)c(-c3ccc(C=O)s3)s2)s1. The fourth-order valence-electron chi connectivity index (χ4n) is 2.54. The Morgan fingerprint density at radius 1 is 0.680 bits per heavy atom. The first-order valence-corrected chi connectivity index (χ1v) is 10.8. The molecular weight excluding hydrogens is 388 g/mol. The number of carbonyl (C=O) groups excluding carboxylic acids is 2. The first-order valence-electron chi connectivity index (χ1n) is 7.49. The lowest BCUT2D eigenvalue weighted by Gasteiger charge is -1.98. The number of carbonyl (C=O) groups is 2. The summed E-state index contributed by atoms with van der Waals surface area (Å²) in [5.41, 5.74) is 1.13. The van der Waals surface area contributed by atoms with E-state index in [1.165, 1.54) is 37.3 Å². The van der Waals surface area contributed by atoms with Crippen LogP contribution in [0.15, 0.2) is 42.5 Å². The maximum atomic E-state index is 11.1. The second-order valence-corrected chi connectivity index (χ2v) is 9.97. The minimum Gasteiger partial charge on any atom is -0.297 e. The van der Waals surface area contributed by atoms with E-state index in [0.29, 0.717) is 0 Å². The van der Waals surface area contributed by atoms with Gasteiger partial charge in [0, 0.05) is 29.9 Å². The van der Waals surface area contributed by atoms with Crippen LogP contribution in [0, 0.1) is 6.92 Å². The Bertz CT molecular complexity index is 997. The molecule has 0 aromatic carbocycles. The van der Waals surface area contributed by atoms with Gasteiger partial charge in [0.1, 0.15) is 0 Å². The van der Waals surface area contributed by atoms with Gasteiger partial charge in [-0.3, -0.25) is 9.59 Å². The van der Waals surface area contributed by atoms with Gasteiger partial charge >= 0.3 is 0 Å². The minimum absolute atomic E-state index is 0.723. The van der Waals surface area contributed by atoms with E-state index in [0.717, 1.165) is 42.5 Å². The quantitative estimate of drug-likeness (QED) is 0.343. The average molecular weight is 401 g/mol. The second kappa shape index (κ2) is 6.80. The summed E-state index contributed by atoms with van der Waals surface area (Å²) in [7, 11) is 0. The third kappa shape index (κ3) is 3.18. The number of hydrogen-bond acceptors (Lipinski definition) is 6. The largest absolute Gasteiger partial charge is 0.297 e. The Morgan fingerprint density at radius 3 is 1.92 bits per heavy atom. The lowest BCUT2D eigenvalue weighted by Crippen LogP contribution is -1.70. The summed E-state index contributed by atoms with van der Waals surface area (Å²) in [5, 5.41) is 0. The monoisotopic (exact) mass is 400 g/mol. The summed E-state index contributed by atoms with van der Waals surface area (Å²) in [6.45, 7) is 2.11. The van der Waals surface area contributed by atoms with Gasteiger partial charge in [0.25, 0.3) is 0 Å².